The largest absolute Gasteiger partial charge is 0.465 e. The predicted molar refractivity (Wildman–Crippen MR) is 67.8 cm³/mol. The molecule has 1 aliphatic rings. The van der Waals surface area contributed by atoms with Crippen molar-refractivity contribution in [2.24, 2.45) is 0 Å². The first-order valence-electron chi connectivity index (χ1n) is 5.96. The second kappa shape index (κ2) is 5.76. The molecule has 0 aliphatic carbocycles. The van der Waals surface area contributed by atoms with Gasteiger partial charge in [0.25, 0.3) is 0 Å². The van der Waals surface area contributed by atoms with Gasteiger partial charge in [-0.2, -0.15) is 0 Å². The summed E-state index contributed by atoms with van der Waals surface area (Å²) in [4.78, 5) is 12.0. The zero-order valence-corrected chi connectivity index (χ0v) is 11.3. The van der Waals surface area contributed by atoms with Crippen LogP contribution in [-0.4, -0.2) is 56.1 Å². The van der Waals surface area contributed by atoms with Gasteiger partial charge in [-0.15, -0.1) is 0 Å². The van der Waals surface area contributed by atoms with E-state index < -0.39 is 27.0 Å². The predicted octanol–water partition coefficient (Wildman–Crippen LogP) is 0.978. The maximum atomic E-state index is 12.8. The molecule has 8 heteroatoms. The van der Waals surface area contributed by atoms with E-state index in [0.717, 1.165) is 17.0 Å². The fraction of sp³-hybridized carbons (Fsp3) is 0.417. The van der Waals surface area contributed by atoms with Gasteiger partial charge in [0.05, 0.1) is 18.1 Å². The molecule has 0 bridgehead atoms. The molecule has 0 radical (unpaired) electrons. The maximum Gasteiger partial charge on any atom is 0.407 e. The van der Waals surface area contributed by atoms with E-state index in [1.54, 1.807) is 0 Å². The van der Waals surface area contributed by atoms with Gasteiger partial charge in [0.2, 0.25) is 0 Å². The molecule has 110 valence electrons. The van der Waals surface area contributed by atoms with E-state index in [2.05, 4.69) is 0 Å². The monoisotopic (exact) mass is 303 g/mol. The van der Waals surface area contributed by atoms with Gasteiger partial charge < -0.3 is 14.7 Å². The summed E-state index contributed by atoms with van der Waals surface area (Å²) in [6.45, 7) is 0.0467. The normalized spacial score (nSPS) is 20.4. The first-order chi connectivity index (χ1) is 9.41. The third-order valence-corrected chi connectivity index (χ3v) is 5.18. The molecule has 1 aromatic rings. The van der Waals surface area contributed by atoms with E-state index in [1.165, 1.54) is 12.1 Å². The number of rotatable bonds is 2. The topological polar surface area (TPSA) is 83.9 Å². The summed E-state index contributed by atoms with van der Waals surface area (Å²) in [6.07, 6.45) is -1.19. The van der Waals surface area contributed by atoms with Crippen LogP contribution in [0, 0.1) is 5.82 Å². The first kappa shape index (κ1) is 14.7. The Labute approximate surface area is 115 Å². The molecule has 0 spiro atoms. The van der Waals surface area contributed by atoms with Crippen LogP contribution < -0.4 is 0 Å². The van der Waals surface area contributed by atoms with E-state index in [0.29, 0.717) is 0 Å². The Morgan fingerprint density at radius 3 is 2.60 bits per heavy atom. The van der Waals surface area contributed by atoms with E-state index in [-0.39, 0.29) is 31.2 Å². The molecule has 1 N–H and O–H groups in total. The average molecular weight is 303 g/mol. The number of ether oxygens (including phenoxy) is 1. The highest BCUT2D eigenvalue weighted by molar-refractivity contribution is 7.92. The lowest BCUT2D eigenvalue weighted by Crippen LogP contribution is -2.40. The third kappa shape index (κ3) is 3.07. The van der Waals surface area contributed by atoms with Crippen LogP contribution in [0.3, 0.4) is 0 Å². The molecule has 1 heterocycles. The minimum absolute atomic E-state index is 0.0419. The molecule has 0 saturated carbocycles. The van der Waals surface area contributed by atoms with Crippen molar-refractivity contribution in [3.63, 3.8) is 0 Å². The molecule has 1 amide bonds. The van der Waals surface area contributed by atoms with Crippen molar-refractivity contribution < 1.29 is 27.4 Å². The lowest BCUT2D eigenvalue weighted by molar-refractivity contribution is 0.127. The van der Waals surface area contributed by atoms with E-state index >= 15 is 0 Å². The number of nitrogens with zero attached hydrogens (tertiary/aromatic N) is 1. The molecule has 6 nitrogen and oxygen atoms in total. The Hall–Kier alpha value is -1.67. The van der Waals surface area contributed by atoms with Crippen LogP contribution in [0.15, 0.2) is 29.2 Å². The van der Waals surface area contributed by atoms with Crippen LogP contribution in [0.2, 0.25) is 0 Å². The quantitative estimate of drug-likeness (QED) is 0.823. The highest BCUT2D eigenvalue weighted by Gasteiger charge is 2.33. The lowest BCUT2D eigenvalue weighted by atomic mass is 10.3. The maximum absolute atomic E-state index is 12.8. The van der Waals surface area contributed by atoms with Crippen LogP contribution in [-0.2, 0) is 14.6 Å². The zero-order valence-electron chi connectivity index (χ0n) is 10.5. The number of amides is 1. The molecule has 1 fully saturated rings. The summed E-state index contributed by atoms with van der Waals surface area (Å²) in [7, 11) is -3.77. The van der Waals surface area contributed by atoms with Gasteiger partial charge >= 0.3 is 6.09 Å². The molecule has 1 atom stereocenters. The van der Waals surface area contributed by atoms with Gasteiger partial charge in [0.1, 0.15) is 11.1 Å². The second-order valence-electron chi connectivity index (χ2n) is 4.42. The summed E-state index contributed by atoms with van der Waals surface area (Å²) >= 11 is 0. The fourth-order valence-corrected chi connectivity index (χ4v) is 3.51. The fourth-order valence-electron chi connectivity index (χ4n) is 1.96. The minimum Gasteiger partial charge on any atom is -0.465 e. The van der Waals surface area contributed by atoms with Gasteiger partial charge in [-0.25, -0.2) is 17.6 Å². The molecule has 20 heavy (non-hydrogen) atoms. The molecular weight excluding hydrogens is 289 g/mol. The SMILES string of the molecule is O=C(O)N1CCOCC(S(=O)(=O)c2ccc(F)cc2)C1. The molecule has 0 aromatic heterocycles. The smallest absolute Gasteiger partial charge is 0.407 e. The van der Waals surface area contributed by atoms with Gasteiger partial charge in [-0.05, 0) is 24.3 Å². The molecule has 1 aliphatic heterocycles. The summed E-state index contributed by atoms with van der Waals surface area (Å²) < 4.78 is 42.8. The summed E-state index contributed by atoms with van der Waals surface area (Å²) in [5, 5.41) is 7.99. The summed E-state index contributed by atoms with van der Waals surface area (Å²) in [5.41, 5.74) is 0. The van der Waals surface area contributed by atoms with Crippen LogP contribution in [0.5, 0.6) is 0 Å². The van der Waals surface area contributed by atoms with Crippen molar-refractivity contribution in [1.29, 1.82) is 0 Å². The highest BCUT2D eigenvalue weighted by Crippen LogP contribution is 2.19. The number of hydrogen-bond donors (Lipinski definition) is 1. The molecule has 1 saturated heterocycles. The van der Waals surface area contributed by atoms with E-state index in [9.17, 15) is 17.6 Å². The molecule has 1 aromatic carbocycles. The Kier molecular flexibility index (Phi) is 4.24. The number of halogens is 1. The van der Waals surface area contributed by atoms with Crippen LogP contribution in [0.4, 0.5) is 9.18 Å². The highest BCUT2D eigenvalue weighted by atomic mass is 32.2. The first-order valence-corrected chi connectivity index (χ1v) is 7.51. The second-order valence-corrected chi connectivity index (χ2v) is 6.65. The van der Waals surface area contributed by atoms with Gasteiger partial charge in [-0.3, -0.25) is 0 Å². The van der Waals surface area contributed by atoms with Crippen LogP contribution in [0.25, 0.3) is 0 Å². The third-order valence-electron chi connectivity index (χ3n) is 3.08. The number of carbonyl (C=O) groups is 1. The van der Waals surface area contributed by atoms with Gasteiger partial charge in [0.15, 0.2) is 9.84 Å². The Morgan fingerprint density at radius 2 is 2.00 bits per heavy atom. The minimum atomic E-state index is -3.77. The Bertz CT molecular complexity index is 586. The standard InChI is InChI=1S/C12H14FNO5S/c13-9-1-3-10(4-2-9)20(17,18)11-7-14(12(15)16)5-6-19-8-11/h1-4,11H,5-8H2,(H,15,16). The average Bonchev–Trinajstić information content (AvgIpc) is 2.65. The Balaban J connectivity index is 2.27. The number of benzene rings is 1. The van der Waals surface area contributed by atoms with Crippen molar-refractivity contribution >= 4 is 15.9 Å². The van der Waals surface area contributed by atoms with Crippen molar-refractivity contribution in [3.8, 4) is 0 Å². The van der Waals surface area contributed by atoms with Gasteiger partial charge in [-0.1, -0.05) is 0 Å². The van der Waals surface area contributed by atoms with Crippen molar-refractivity contribution in [2.75, 3.05) is 26.3 Å². The van der Waals surface area contributed by atoms with Crippen molar-refractivity contribution in [2.45, 2.75) is 10.1 Å². The number of carboxylic acid groups (broad SMARTS) is 1. The number of hydrogen-bond acceptors (Lipinski definition) is 4. The van der Waals surface area contributed by atoms with Crippen LogP contribution >= 0.6 is 0 Å². The van der Waals surface area contributed by atoms with Crippen molar-refractivity contribution in [1.82, 2.24) is 4.90 Å². The zero-order chi connectivity index (χ0) is 14.8. The molecular formula is C12H14FNO5S. The summed E-state index contributed by atoms with van der Waals surface area (Å²) in [6, 6.07) is 4.44. The number of sulfone groups is 1. The van der Waals surface area contributed by atoms with Crippen LogP contribution in [0.1, 0.15) is 0 Å². The molecule has 1 unspecified atom stereocenters. The molecule has 2 rings (SSSR count). The van der Waals surface area contributed by atoms with E-state index in [1.807, 2.05) is 0 Å². The summed E-state index contributed by atoms with van der Waals surface area (Å²) in [5.74, 6) is -0.534. The van der Waals surface area contributed by atoms with E-state index in [4.69, 9.17) is 9.84 Å². The van der Waals surface area contributed by atoms with Crippen molar-refractivity contribution in [3.05, 3.63) is 30.1 Å². The Morgan fingerprint density at radius 1 is 1.35 bits per heavy atom. The van der Waals surface area contributed by atoms with Gasteiger partial charge in [0, 0.05) is 13.1 Å². The lowest BCUT2D eigenvalue weighted by Gasteiger charge is -2.20.